The lowest BCUT2D eigenvalue weighted by Gasteiger charge is -2.18. The average molecular weight is 379 g/mol. The lowest BCUT2D eigenvalue weighted by atomic mass is 10.1. The zero-order valence-corrected chi connectivity index (χ0v) is 14.3. The summed E-state index contributed by atoms with van der Waals surface area (Å²) in [6.45, 7) is 3.35. The highest BCUT2D eigenvalue weighted by atomic mass is 35.5. The van der Waals surface area contributed by atoms with Gasteiger partial charge >= 0.3 is 12.1 Å². The van der Waals surface area contributed by atoms with Gasteiger partial charge in [-0.1, -0.05) is 43.1 Å². The van der Waals surface area contributed by atoms with Gasteiger partial charge in [-0.25, -0.2) is 0 Å². The Morgan fingerprint density at radius 1 is 1.38 bits per heavy atom. The molecule has 1 fully saturated rings. The standard InChI is InChI=1S/C16H14Cl2F2O4/c1-15(2)9(6-11(17)18)12(15)14(21)24-16(19,20)8-4-3-5-10-13(8)23-7-22-10/h3-6,9,12H,7H2,1-2H3. The van der Waals surface area contributed by atoms with Crippen LogP contribution >= 0.6 is 23.2 Å². The molecule has 0 radical (unpaired) electrons. The summed E-state index contributed by atoms with van der Waals surface area (Å²) in [6, 6.07) is 4.01. The molecule has 1 aliphatic heterocycles. The molecule has 130 valence electrons. The van der Waals surface area contributed by atoms with E-state index in [1.807, 2.05) is 0 Å². The van der Waals surface area contributed by atoms with Crippen molar-refractivity contribution in [3.05, 3.63) is 34.3 Å². The van der Waals surface area contributed by atoms with Crippen molar-refractivity contribution in [1.82, 2.24) is 0 Å². The Morgan fingerprint density at radius 3 is 2.75 bits per heavy atom. The van der Waals surface area contributed by atoms with Crippen molar-refractivity contribution >= 4 is 29.2 Å². The molecule has 3 rings (SSSR count). The van der Waals surface area contributed by atoms with Crippen LogP contribution in [-0.2, 0) is 15.6 Å². The normalized spacial score (nSPS) is 23.6. The van der Waals surface area contributed by atoms with Crippen LogP contribution < -0.4 is 9.47 Å². The number of carbonyl (C=O) groups excluding carboxylic acids is 1. The van der Waals surface area contributed by atoms with Gasteiger partial charge in [-0.3, -0.25) is 4.79 Å². The van der Waals surface area contributed by atoms with E-state index in [4.69, 9.17) is 32.7 Å². The first kappa shape index (κ1) is 17.3. The van der Waals surface area contributed by atoms with E-state index in [1.165, 1.54) is 18.2 Å². The molecule has 0 saturated heterocycles. The van der Waals surface area contributed by atoms with Gasteiger partial charge in [0.15, 0.2) is 11.5 Å². The molecule has 0 bridgehead atoms. The van der Waals surface area contributed by atoms with Crippen LogP contribution in [0.5, 0.6) is 11.5 Å². The van der Waals surface area contributed by atoms with Gasteiger partial charge in [0, 0.05) is 0 Å². The first-order valence-corrected chi connectivity index (χ1v) is 7.93. The van der Waals surface area contributed by atoms with E-state index in [1.54, 1.807) is 13.8 Å². The van der Waals surface area contributed by atoms with E-state index < -0.39 is 29.0 Å². The predicted molar refractivity (Wildman–Crippen MR) is 83.1 cm³/mol. The number of ether oxygens (including phenoxy) is 3. The molecule has 0 aromatic heterocycles. The highest BCUT2D eigenvalue weighted by molar-refractivity contribution is 6.55. The summed E-state index contributed by atoms with van der Waals surface area (Å²) in [5, 5.41) is 0. The molecule has 1 saturated carbocycles. The first-order chi connectivity index (χ1) is 11.1. The second-order valence-electron chi connectivity index (χ2n) is 6.26. The van der Waals surface area contributed by atoms with Gasteiger partial charge in [-0.15, -0.1) is 0 Å². The molecule has 1 aliphatic carbocycles. The fraction of sp³-hybridized carbons (Fsp3) is 0.438. The van der Waals surface area contributed by atoms with Gasteiger partial charge in [0.2, 0.25) is 6.79 Å². The second kappa shape index (κ2) is 5.77. The van der Waals surface area contributed by atoms with E-state index in [2.05, 4.69) is 4.74 Å². The SMILES string of the molecule is CC1(C)C(C=C(Cl)Cl)C1C(=O)OC(F)(F)c1cccc2c1OCO2. The van der Waals surface area contributed by atoms with Crippen LogP contribution in [0.1, 0.15) is 19.4 Å². The minimum atomic E-state index is -3.84. The molecule has 4 nitrogen and oxygen atoms in total. The summed E-state index contributed by atoms with van der Waals surface area (Å²) in [5.41, 5.74) is -1.10. The van der Waals surface area contributed by atoms with Crippen molar-refractivity contribution in [2.45, 2.75) is 20.0 Å². The Morgan fingerprint density at radius 2 is 2.08 bits per heavy atom. The van der Waals surface area contributed by atoms with Gasteiger partial charge in [-0.2, -0.15) is 8.78 Å². The van der Waals surface area contributed by atoms with Crippen LogP contribution in [0, 0.1) is 17.3 Å². The van der Waals surface area contributed by atoms with Crippen molar-refractivity contribution < 1.29 is 27.8 Å². The molecule has 24 heavy (non-hydrogen) atoms. The molecular formula is C16H14Cl2F2O4. The molecule has 0 N–H and O–H groups in total. The Bertz CT molecular complexity index is 714. The third-order valence-corrected chi connectivity index (χ3v) is 4.66. The smallest absolute Gasteiger partial charge is 0.432 e. The third kappa shape index (κ3) is 2.93. The Hall–Kier alpha value is -1.53. The van der Waals surface area contributed by atoms with Crippen molar-refractivity contribution in [1.29, 1.82) is 0 Å². The summed E-state index contributed by atoms with van der Waals surface area (Å²) in [6.07, 6.45) is -2.38. The number of alkyl halides is 2. The fourth-order valence-electron chi connectivity index (χ4n) is 2.98. The van der Waals surface area contributed by atoms with Gasteiger partial charge in [0.05, 0.1) is 5.92 Å². The molecule has 1 aromatic carbocycles. The molecule has 2 atom stereocenters. The lowest BCUT2D eigenvalue weighted by molar-refractivity contribution is -0.242. The van der Waals surface area contributed by atoms with Crippen LogP contribution in [0.2, 0.25) is 0 Å². The van der Waals surface area contributed by atoms with Gasteiger partial charge in [0.1, 0.15) is 10.1 Å². The van der Waals surface area contributed by atoms with Gasteiger partial charge in [0.25, 0.3) is 0 Å². The maximum Gasteiger partial charge on any atom is 0.432 e. The van der Waals surface area contributed by atoms with Crippen LogP contribution in [-0.4, -0.2) is 12.8 Å². The topological polar surface area (TPSA) is 44.8 Å². The molecule has 8 heteroatoms. The number of para-hydroxylation sites is 1. The van der Waals surface area contributed by atoms with Crippen molar-refractivity contribution in [2.24, 2.45) is 17.3 Å². The number of hydrogen-bond donors (Lipinski definition) is 0. The minimum absolute atomic E-state index is 0.0124. The van der Waals surface area contributed by atoms with Crippen molar-refractivity contribution in [2.75, 3.05) is 6.79 Å². The number of fused-ring (bicyclic) bond motifs is 1. The molecule has 0 spiro atoms. The molecule has 2 unspecified atom stereocenters. The molecule has 0 amide bonds. The molecular weight excluding hydrogens is 365 g/mol. The number of carbonyl (C=O) groups is 1. The van der Waals surface area contributed by atoms with Gasteiger partial charge in [-0.05, 0) is 29.5 Å². The minimum Gasteiger partial charge on any atom is -0.454 e. The zero-order chi connectivity index (χ0) is 17.7. The van der Waals surface area contributed by atoms with Crippen LogP contribution in [0.25, 0.3) is 0 Å². The molecule has 1 aromatic rings. The van der Waals surface area contributed by atoms with Gasteiger partial charge < -0.3 is 14.2 Å². The summed E-state index contributed by atoms with van der Waals surface area (Å²) >= 11 is 11.2. The predicted octanol–water partition coefficient (Wildman–Crippen LogP) is 4.60. The van der Waals surface area contributed by atoms with Crippen molar-refractivity contribution in [3.8, 4) is 11.5 Å². The summed E-state index contributed by atoms with van der Waals surface area (Å²) in [4.78, 5) is 12.2. The maximum atomic E-state index is 14.4. The Kier molecular flexibility index (Phi) is 4.16. The number of rotatable bonds is 4. The van der Waals surface area contributed by atoms with Crippen LogP contribution in [0.15, 0.2) is 28.8 Å². The number of halogens is 4. The van der Waals surface area contributed by atoms with E-state index in [9.17, 15) is 13.6 Å². The number of allylic oxidation sites excluding steroid dienone is 1. The Balaban J connectivity index is 1.80. The summed E-state index contributed by atoms with van der Waals surface area (Å²) < 4.78 is 43.5. The quantitative estimate of drug-likeness (QED) is 0.718. The zero-order valence-electron chi connectivity index (χ0n) is 12.8. The van der Waals surface area contributed by atoms with E-state index in [0.717, 1.165) is 6.07 Å². The maximum absolute atomic E-state index is 14.4. The van der Waals surface area contributed by atoms with Crippen LogP contribution in [0.3, 0.4) is 0 Å². The highest BCUT2D eigenvalue weighted by Gasteiger charge is 2.63. The molecule has 2 aliphatic rings. The largest absolute Gasteiger partial charge is 0.454 e. The number of hydrogen-bond acceptors (Lipinski definition) is 4. The third-order valence-electron chi connectivity index (χ3n) is 4.41. The number of benzene rings is 1. The van der Waals surface area contributed by atoms with Crippen LogP contribution in [0.4, 0.5) is 8.78 Å². The second-order valence-corrected chi connectivity index (χ2v) is 7.27. The highest BCUT2D eigenvalue weighted by Crippen LogP contribution is 2.61. The number of esters is 1. The summed E-state index contributed by atoms with van der Waals surface area (Å²) in [5.74, 6) is -2.05. The average Bonchev–Trinajstić information content (AvgIpc) is 2.84. The van der Waals surface area contributed by atoms with E-state index in [0.29, 0.717) is 0 Å². The monoisotopic (exact) mass is 378 g/mol. The van der Waals surface area contributed by atoms with E-state index >= 15 is 0 Å². The first-order valence-electron chi connectivity index (χ1n) is 7.17. The van der Waals surface area contributed by atoms with E-state index in [-0.39, 0.29) is 28.7 Å². The summed E-state index contributed by atoms with van der Waals surface area (Å²) in [7, 11) is 0. The molecule has 1 heterocycles. The fourth-order valence-corrected chi connectivity index (χ4v) is 3.25. The van der Waals surface area contributed by atoms with Crippen molar-refractivity contribution in [3.63, 3.8) is 0 Å². The lowest BCUT2D eigenvalue weighted by Crippen LogP contribution is -2.25. The Labute approximate surface area is 147 Å².